The molecule has 1 aromatic carbocycles. The Kier molecular flexibility index (Phi) is 5.39. The van der Waals surface area contributed by atoms with Crippen molar-refractivity contribution in [3.8, 4) is 11.5 Å². The number of hydrogen-bond donors (Lipinski definition) is 1. The van der Waals surface area contributed by atoms with Crippen LogP contribution >= 0.6 is 0 Å². The number of carboxylic acids is 1. The molecule has 0 unspecified atom stereocenters. The van der Waals surface area contributed by atoms with Gasteiger partial charge in [-0.2, -0.15) is 0 Å². The van der Waals surface area contributed by atoms with Crippen molar-refractivity contribution >= 4 is 5.97 Å². The number of piperidine rings is 2. The first-order chi connectivity index (χ1) is 12.4. The van der Waals surface area contributed by atoms with Crippen molar-refractivity contribution < 1.29 is 23.8 Å². The second kappa shape index (κ2) is 7.40. The molecule has 2 fully saturated rings. The minimum Gasteiger partial charge on any atom is -0.493 e. The van der Waals surface area contributed by atoms with Crippen molar-refractivity contribution in [1.29, 1.82) is 0 Å². The lowest BCUT2D eigenvalue weighted by molar-refractivity contribution is -0.162. The standard InChI is InChI=1S/C19H27FN2O4/c1-21-7-4-5-19(18(23)24)6-8-22(12-17(19)21)11-13-9-15(25-2)16(26-3)10-14(13)20/h9-10,17H,4-8,11-12H2,1-3H3,(H,23,24)/t17-,19+/m1/s1. The molecule has 0 spiro atoms. The Morgan fingerprint density at radius 3 is 2.62 bits per heavy atom. The van der Waals surface area contributed by atoms with Gasteiger partial charge in [-0.15, -0.1) is 0 Å². The topological polar surface area (TPSA) is 62.2 Å². The summed E-state index contributed by atoms with van der Waals surface area (Å²) in [5.74, 6) is -0.180. The van der Waals surface area contributed by atoms with E-state index in [1.54, 1.807) is 6.07 Å². The fourth-order valence-electron chi connectivity index (χ4n) is 4.45. The number of fused-ring (bicyclic) bond motifs is 1. The van der Waals surface area contributed by atoms with Gasteiger partial charge in [-0.1, -0.05) is 0 Å². The third-order valence-corrected chi connectivity index (χ3v) is 5.98. The number of carboxylic acid groups (broad SMARTS) is 1. The van der Waals surface area contributed by atoms with E-state index in [0.717, 1.165) is 19.4 Å². The maximum Gasteiger partial charge on any atom is 0.311 e. The predicted molar refractivity (Wildman–Crippen MR) is 95.1 cm³/mol. The van der Waals surface area contributed by atoms with Crippen LogP contribution in [-0.4, -0.2) is 67.8 Å². The van der Waals surface area contributed by atoms with Crippen molar-refractivity contribution in [2.75, 3.05) is 40.9 Å². The second-order valence-electron chi connectivity index (χ2n) is 7.34. The first-order valence-electron chi connectivity index (χ1n) is 8.97. The average molecular weight is 366 g/mol. The molecule has 3 rings (SSSR count). The molecule has 0 aliphatic carbocycles. The van der Waals surface area contributed by atoms with Gasteiger partial charge in [-0.3, -0.25) is 9.69 Å². The molecule has 2 aliphatic rings. The van der Waals surface area contributed by atoms with Crippen LogP contribution in [0.2, 0.25) is 0 Å². The second-order valence-corrected chi connectivity index (χ2v) is 7.34. The minimum atomic E-state index is -0.703. The summed E-state index contributed by atoms with van der Waals surface area (Å²) < 4.78 is 24.9. The molecule has 26 heavy (non-hydrogen) atoms. The number of halogens is 1. The zero-order valence-corrected chi connectivity index (χ0v) is 15.6. The molecule has 2 atom stereocenters. The molecule has 7 heteroatoms. The third kappa shape index (κ3) is 3.25. The number of likely N-dealkylation sites (N-methyl/N-ethyl adjacent to an activating group) is 1. The third-order valence-electron chi connectivity index (χ3n) is 5.98. The van der Waals surface area contributed by atoms with Crippen LogP contribution in [0.25, 0.3) is 0 Å². The highest BCUT2D eigenvalue weighted by atomic mass is 19.1. The van der Waals surface area contributed by atoms with Crippen LogP contribution in [0.4, 0.5) is 4.39 Å². The summed E-state index contributed by atoms with van der Waals surface area (Å²) in [6, 6.07) is 2.95. The van der Waals surface area contributed by atoms with Gasteiger partial charge in [-0.05, 0) is 45.5 Å². The number of rotatable bonds is 5. The van der Waals surface area contributed by atoms with Gasteiger partial charge in [0.2, 0.25) is 0 Å². The summed E-state index contributed by atoms with van der Waals surface area (Å²) in [4.78, 5) is 16.3. The zero-order valence-electron chi connectivity index (χ0n) is 15.6. The quantitative estimate of drug-likeness (QED) is 0.862. The van der Waals surface area contributed by atoms with Crippen molar-refractivity contribution in [2.45, 2.75) is 31.8 Å². The number of nitrogens with zero attached hydrogens (tertiary/aromatic N) is 2. The Hall–Kier alpha value is -1.86. The summed E-state index contributed by atoms with van der Waals surface area (Å²) in [6.07, 6.45) is 2.21. The van der Waals surface area contributed by atoms with E-state index in [0.29, 0.717) is 43.1 Å². The van der Waals surface area contributed by atoms with Crippen LogP contribution in [0, 0.1) is 11.2 Å². The predicted octanol–water partition coefficient (Wildman–Crippen LogP) is 2.21. The Bertz CT molecular complexity index is 684. The number of ether oxygens (including phenoxy) is 2. The van der Waals surface area contributed by atoms with E-state index >= 15 is 0 Å². The van der Waals surface area contributed by atoms with Crippen molar-refractivity contribution in [3.63, 3.8) is 0 Å². The summed E-state index contributed by atoms with van der Waals surface area (Å²) in [6.45, 7) is 2.59. The first kappa shape index (κ1) is 18.9. The molecule has 0 radical (unpaired) electrons. The van der Waals surface area contributed by atoms with Crippen LogP contribution in [0.1, 0.15) is 24.8 Å². The number of methoxy groups -OCH3 is 2. The van der Waals surface area contributed by atoms with E-state index in [-0.39, 0.29) is 11.9 Å². The van der Waals surface area contributed by atoms with Crippen LogP contribution in [0.3, 0.4) is 0 Å². The lowest BCUT2D eigenvalue weighted by atomic mass is 9.68. The maximum atomic E-state index is 14.5. The minimum absolute atomic E-state index is 0.0503. The van der Waals surface area contributed by atoms with Gasteiger partial charge in [0.05, 0.1) is 19.6 Å². The van der Waals surface area contributed by atoms with E-state index in [1.807, 2.05) is 7.05 Å². The van der Waals surface area contributed by atoms with Gasteiger partial charge in [0.1, 0.15) is 5.82 Å². The molecule has 6 nitrogen and oxygen atoms in total. The molecule has 0 saturated carbocycles. The molecule has 0 amide bonds. The highest BCUT2D eigenvalue weighted by Gasteiger charge is 2.52. The summed E-state index contributed by atoms with van der Waals surface area (Å²) >= 11 is 0. The van der Waals surface area contributed by atoms with E-state index in [1.165, 1.54) is 20.3 Å². The highest BCUT2D eigenvalue weighted by Crippen LogP contribution is 2.42. The van der Waals surface area contributed by atoms with Gasteiger partial charge in [-0.25, -0.2) is 4.39 Å². The Labute approximate surface area is 153 Å². The fraction of sp³-hybridized carbons (Fsp3) is 0.632. The maximum absolute atomic E-state index is 14.5. The van der Waals surface area contributed by atoms with E-state index in [9.17, 15) is 14.3 Å². The summed E-state index contributed by atoms with van der Waals surface area (Å²) in [5, 5.41) is 9.85. The van der Waals surface area contributed by atoms with Crippen LogP contribution in [0.5, 0.6) is 11.5 Å². The van der Waals surface area contributed by atoms with E-state index < -0.39 is 11.4 Å². The Morgan fingerprint density at radius 2 is 1.96 bits per heavy atom. The fourth-order valence-corrected chi connectivity index (χ4v) is 4.45. The van der Waals surface area contributed by atoms with Gasteiger partial charge in [0.25, 0.3) is 0 Å². The number of carbonyl (C=O) groups is 1. The van der Waals surface area contributed by atoms with Crippen molar-refractivity contribution in [2.24, 2.45) is 5.41 Å². The summed E-state index contributed by atoms with van der Waals surface area (Å²) in [5.41, 5.74) is -0.149. The number of benzene rings is 1. The monoisotopic (exact) mass is 366 g/mol. The average Bonchev–Trinajstić information content (AvgIpc) is 2.63. The zero-order chi connectivity index (χ0) is 18.9. The molecule has 2 aliphatic heterocycles. The van der Waals surface area contributed by atoms with Crippen LogP contribution in [0.15, 0.2) is 12.1 Å². The van der Waals surface area contributed by atoms with Gasteiger partial charge < -0.3 is 19.5 Å². The van der Waals surface area contributed by atoms with Crippen molar-refractivity contribution in [3.05, 3.63) is 23.5 Å². The molecule has 2 heterocycles. The lowest BCUT2D eigenvalue weighted by Gasteiger charge is -2.51. The molecule has 1 N–H and O–H groups in total. The largest absolute Gasteiger partial charge is 0.493 e. The number of likely N-dealkylation sites (tertiary alicyclic amines) is 2. The molecule has 0 bridgehead atoms. The highest BCUT2D eigenvalue weighted by molar-refractivity contribution is 5.76. The number of hydrogen-bond acceptors (Lipinski definition) is 5. The molecule has 144 valence electrons. The van der Waals surface area contributed by atoms with Gasteiger partial charge in [0, 0.05) is 30.8 Å². The number of aliphatic carboxylic acids is 1. The van der Waals surface area contributed by atoms with Crippen molar-refractivity contribution in [1.82, 2.24) is 9.80 Å². The molecule has 0 aromatic heterocycles. The smallest absolute Gasteiger partial charge is 0.311 e. The lowest BCUT2D eigenvalue weighted by Crippen LogP contribution is -2.62. The van der Waals surface area contributed by atoms with Gasteiger partial charge in [0.15, 0.2) is 11.5 Å². The van der Waals surface area contributed by atoms with Crippen LogP contribution < -0.4 is 9.47 Å². The molecular weight excluding hydrogens is 339 g/mol. The van der Waals surface area contributed by atoms with Crippen LogP contribution in [-0.2, 0) is 11.3 Å². The summed E-state index contributed by atoms with van der Waals surface area (Å²) in [7, 11) is 4.99. The normalized spacial score (nSPS) is 27.0. The molecule has 2 saturated heterocycles. The molecular formula is C19H27FN2O4. The van der Waals surface area contributed by atoms with E-state index in [4.69, 9.17) is 9.47 Å². The first-order valence-corrected chi connectivity index (χ1v) is 8.97. The SMILES string of the molecule is COc1cc(F)c(CN2CC[C@@]3(C(=O)O)CCCN(C)[C@@H]3C2)cc1OC. The van der Waals surface area contributed by atoms with E-state index in [2.05, 4.69) is 9.80 Å². The Morgan fingerprint density at radius 1 is 1.27 bits per heavy atom. The molecule has 1 aromatic rings. The Balaban J connectivity index is 1.80. The van der Waals surface area contributed by atoms with Gasteiger partial charge >= 0.3 is 5.97 Å².